The van der Waals surface area contributed by atoms with Crippen LogP contribution in [0.1, 0.15) is 6.92 Å². The van der Waals surface area contributed by atoms with Gasteiger partial charge in [-0.15, -0.1) is 0 Å². The van der Waals surface area contributed by atoms with Crippen LogP contribution in [0.4, 0.5) is 0 Å². The molecule has 2 N–H and O–H groups in total. The van der Waals surface area contributed by atoms with E-state index in [-0.39, 0.29) is 18.1 Å². The summed E-state index contributed by atoms with van der Waals surface area (Å²) in [5, 5.41) is 6.13. The summed E-state index contributed by atoms with van der Waals surface area (Å²) >= 11 is 0. The molecule has 0 aromatic heterocycles. The molecular formula is C10H21N3O2. The Balaban J connectivity index is 2.17. The Bertz CT molecular complexity index is 217. The molecule has 0 atom stereocenters. The molecule has 5 heteroatoms. The molecule has 88 valence electrons. The third-order valence-corrected chi connectivity index (χ3v) is 2.66. The molecule has 1 rings (SSSR count). The fourth-order valence-electron chi connectivity index (χ4n) is 1.33. The van der Waals surface area contributed by atoms with Gasteiger partial charge in [-0.05, 0) is 14.0 Å². The van der Waals surface area contributed by atoms with Crippen LogP contribution in [0.5, 0.6) is 0 Å². The number of amides is 1. The minimum absolute atomic E-state index is 0.0402. The summed E-state index contributed by atoms with van der Waals surface area (Å²) in [6.45, 7) is 5.39. The van der Waals surface area contributed by atoms with Crippen molar-refractivity contribution in [2.75, 3.05) is 46.9 Å². The Hall–Kier alpha value is -0.650. The Morgan fingerprint density at radius 3 is 2.73 bits per heavy atom. The molecule has 0 bridgehead atoms. The number of carbonyl (C=O) groups is 1. The van der Waals surface area contributed by atoms with Gasteiger partial charge in [0.25, 0.3) is 0 Å². The molecule has 0 aliphatic carbocycles. The molecule has 1 saturated heterocycles. The zero-order chi connectivity index (χ0) is 11.3. The van der Waals surface area contributed by atoms with Gasteiger partial charge in [-0.3, -0.25) is 4.79 Å². The van der Waals surface area contributed by atoms with E-state index in [0.29, 0.717) is 6.54 Å². The summed E-state index contributed by atoms with van der Waals surface area (Å²) in [5.74, 6) is 0.0402. The minimum atomic E-state index is -0.139. The van der Waals surface area contributed by atoms with Crippen molar-refractivity contribution in [1.29, 1.82) is 0 Å². The van der Waals surface area contributed by atoms with E-state index in [1.807, 2.05) is 14.0 Å². The first-order valence-corrected chi connectivity index (χ1v) is 5.31. The van der Waals surface area contributed by atoms with E-state index in [9.17, 15) is 4.79 Å². The second-order valence-corrected chi connectivity index (χ2v) is 4.26. The molecule has 1 heterocycles. The van der Waals surface area contributed by atoms with Crippen LogP contribution < -0.4 is 10.6 Å². The molecule has 5 nitrogen and oxygen atoms in total. The molecule has 1 aliphatic rings. The minimum Gasteiger partial charge on any atom is -0.363 e. The number of nitrogens with one attached hydrogen (secondary N) is 2. The van der Waals surface area contributed by atoms with Crippen LogP contribution in [0.15, 0.2) is 0 Å². The average Bonchev–Trinajstić information content (AvgIpc) is 2.19. The number of ether oxygens (including phenoxy) is 1. The quantitative estimate of drug-likeness (QED) is 0.599. The first-order valence-electron chi connectivity index (χ1n) is 5.31. The van der Waals surface area contributed by atoms with E-state index in [0.717, 1.165) is 19.6 Å². The smallest absolute Gasteiger partial charge is 0.248 e. The van der Waals surface area contributed by atoms with Crippen molar-refractivity contribution < 1.29 is 9.53 Å². The molecule has 15 heavy (non-hydrogen) atoms. The van der Waals surface area contributed by atoms with E-state index in [1.54, 1.807) is 11.9 Å². The highest BCUT2D eigenvalue weighted by molar-refractivity contribution is 5.77. The summed E-state index contributed by atoms with van der Waals surface area (Å²) in [4.78, 5) is 13.3. The largest absolute Gasteiger partial charge is 0.363 e. The first kappa shape index (κ1) is 12.4. The maximum atomic E-state index is 11.6. The summed E-state index contributed by atoms with van der Waals surface area (Å²) in [6.07, 6.45) is 0. The second-order valence-electron chi connectivity index (χ2n) is 4.26. The topological polar surface area (TPSA) is 53.6 Å². The van der Waals surface area contributed by atoms with Crippen LogP contribution in [0.3, 0.4) is 0 Å². The molecule has 0 aromatic carbocycles. The Morgan fingerprint density at radius 2 is 2.27 bits per heavy atom. The third-order valence-electron chi connectivity index (χ3n) is 2.66. The van der Waals surface area contributed by atoms with Crippen molar-refractivity contribution in [3.8, 4) is 0 Å². The van der Waals surface area contributed by atoms with Crippen molar-refractivity contribution in [3.05, 3.63) is 0 Å². The predicted octanol–water partition coefficient (Wildman–Crippen LogP) is -0.957. The number of nitrogens with zero attached hydrogens (tertiary/aromatic N) is 1. The molecule has 1 fully saturated rings. The van der Waals surface area contributed by atoms with Crippen molar-refractivity contribution in [2.45, 2.75) is 12.5 Å². The van der Waals surface area contributed by atoms with Gasteiger partial charge in [0.05, 0.1) is 5.60 Å². The van der Waals surface area contributed by atoms with Gasteiger partial charge in [-0.1, -0.05) is 0 Å². The van der Waals surface area contributed by atoms with Gasteiger partial charge in [0.15, 0.2) is 0 Å². The van der Waals surface area contributed by atoms with Gasteiger partial charge in [0.1, 0.15) is 6.61 Å². The Kier molecular flexibility index (Phi) is 4.50. The highest BCUT2D eigenvalue weighted by Gasteiger charge is 2.33. The molecule has 1 aliphatic heterocycles. The van der Waals surface area contributed by atoms with Crippen LogP contribution in [-0.2, 0) is 9.53 Å². The zero-order valence-electron chi connectivity index (χ0n) is 9.80. The molecule has 1 amide bonds. The van der Waals surface area contributed by atoms with Crippen molar-refractivity contribution in [2.24, 2.45) is 0 Å². The second kappa shape index (κ2) is 5.44. The van der Waals surface area contributed by atoms with Gasteiger partial charge in [0.2, 0.25) is 5.91 Å². The van der Waals surface area contributed by atoms with Gasteiger partial charge in [-0.2, -0.15) is 0 Å². The van der Waals surface area contributed by atoms with Crippen LogP contribution in [0.25, 0.3) is 0 Å². The number of hydrogen-bond acceptors (Lipinski definition) is 4. The number of likely N-dealkylation sites (N-methyl/N-ethyl adjacent to an activating group) is 2. The zero-order valence-corrected chi connectivity index (χ0v) is 9.80. The molecule has 0 spiro atoms. The molecule has 0 saturated carbocycles. The lowest BCUT2D eigenvalue weighted by atomic mass is 10.0. The number of rotatable bonds is 6. The van der Waals surface area contributed by atoms with Gasteiger partial charge in [-0.25, -0.2) is 0 Å². The predicted molar refractivity (Wildman–Crippen MR) is 58.8 cm³/mol. The SMILES string of the molecule is CNCCN(C)C(=O)COC1(C)CNC1. The maximum Gasteiger partial charge on any atom is 0.248 e. The monoisotopic (exact) mass is 215 g/mol. The van der Waals surface area contributed by atoms with E-state index in [1.165, 1.54) is 0 Å². The highest BCUT2D eigenvalue weighted by Crippen LogP contribution is 2.14. The summed E-state index contributed by atoms with van der Waals surface area (Å²) in [7, 11) is 3.67. The Morgan fingerprint density at radius 1 is 1.60 bits per heavy atom. The molecule has 0 radical (unpaired) electrons. The Labute approximate surface area is 91.2 Å². The van der Waals surface area contributed by atoms with Crippen LogP contribution in [-0.4, -0.2) is 63.3 Å². The lowest BCUT2D eigenvalue weighted by molar-refractivity contribution is -0.144. The first-order chi connectivity index (χ1) is 7.07. The fraction of sp³-hybridized carbons (Fsp3) is 0.900. The fourth-order valence-corrected chi connectivity index (χ4v) is 1.33. The lowest BCUT2D eigenvalue weighted by Gasteiger charge is -2.39. The third kappa shape index (κ3) is 3.77. The summed E-state index contributed by atoms with van der Waals surface area (Å²) in [5.41, 5.74) is -0.139. The lowest BCUT2D eigenvalue weighted by Crippen LogP contribution is -2.59. The van der Waals surface area contributed by atoms with Crippen molar-refractivity contribution in [1.82, 2.24) is 15.5 Å². The number of carbonyl (C=O) groups excluding carboxylic acids is 1. The maximum absolute atomic E-state index is 11.6. The van der Waals surface area contributed by atoms with E-state index in [2.05, 4.69) is 10.6 Å². The molecule has 0 aromatic rings. The summed E-state index contributed by atoms with van der Waals surface area (Å²) in [6, 6.07) is 0. The average molecular weight is 215 g/mol. The summed E-state index contributed by atoms with van der Waals surface area (Å²) < 4.78 is 5.55. The number of hydrogen-bond donors (Lipinski definition) is 2. The van der Waals surface area contributed by atoms with Crippen LogP contribution in [0.2, 0.25) is 0 Å². The van der Waals surface area contributed by atoms with Crippen LogP contribution in [0, 0.1) is 0 Å². The van der Waals surface area contributed by atoms with Gasteiger partial charge < -0.3 is 20.3 Å². The van der Waals surface area contributed by atoms with Gasteiger partial charge in [0, 0.05) is 33.2 Å². The van der Waals surface area contributed by atoms with E-state index >= 15 is 0 Å². The molecule has 0 unspecified atom stereocenters. The normalized spacial score (nSPS) is 18.3. The van der Waals surface area contributed by atoms with E-state index < -0.39 is 0 Å². The van der Waals surface area contributed by atoms with Crippen LogP contribution >= 0.6 is 0 Å². The highest BCUT2D eigenvalue weighted by atomic mass is 16.5. The van der Waals surface area contributed by atoms with E-state index in [4.69, 9.17) is 4.74 Å². The van der Waals surface area contributed by atoms with Gasteiger partial charge >= 0.3 is 0 Å². The molecular weight excluding hydrogens is 194 g/mol. The van der Waals surface area contributed by atoms with Crippen molar-refractivity contribution in [3.63, 3.8) is 0 Å². The standard InChI is InChI=1S/C10H21N3O2/c1-10(7-12-8-10)15-6-9(14)13(3)5-4-11-2/h11-12H,4-8H2,1-3H3. The van der Waals surface area contributed by atoms with Crippen molar-refractivity contribution >= 4 is 5.91 Å².